The molecule has 9 nitrogen and oxygen atoms in total. The van der Waals surface area contributed by atoms with E-state index in [1.807, 2.05) is 21.0 Å². The van der Waals surface area contributed by atoms with Gasteiger partial charge in [-0.2, -0.15) is 11.8 Å². The molecule has 0 spiro atoms. The van der Waals surface area contributed by atoms with Gasteiger partial charge in [0.15, 0.2) is 11.5 Å². The third-order valence-corrected chi connectivity index (χ3v) is 6.15. The SMILES string of the molecule is COC(=O)C(CCCCNC(=O)C(C)CSCCN(C)C)NC(=O)/C=C/c1ccc(O)c(O)c1. The first-order chi connectivity index (χ1) is 16.1. The summed E-state index contributed by atoms with van der Waals surface area (Å²) < 4.78 is 4.78. The van der Waals surface area contributed by atoms with Gasteiger partial charge in [0.1, 0.15) is 6.04 Å². The van der Waals surface area contributed by atoms with Crippen LogP contribution in [0.2, 0.25) is 0 Å². The van der Waals surface area contributed by atoms with Gasteiger partial charge in [0.25, 0.3) is 0 Å². The average molecular weight is 496 g/mol. The van der Waals surface area contributed by atoms with Crippen LogP contribution in [0.25, 0.3) is 6.08 Å². The van der Waals surface area contributed by atoms with Gasteiger partial charge in [0.2, 0.25) is 11.8 Å². The fraction of sp³-hybridized carbons (Fsp3) is 0.542. The first-order valence-electron chi connectivity index (χ1n) is 11.2. The Morgan fingerprint density at radius 1 is 1.18 bits per heavy atom. The molecule has 2 amide bonds. The van der Waals surface area contributed by atoms with Crippen molar-refractivity contribution in [2.75, 3.05) is 45.8 Å². The van der Waals surface area contributed by atoms with E-state index < -0.39 is 17.9 Å². The zero-order chi connectivity index (χ0) is 25.5. The van der Waals surface area contributed by atoms with E-state index in [4.69, 9.17) is 4.74 Å². The normalized spacial score (nSPS) is 13.0. The summed E-state index contributed by atoms with van der Waals surface area (Å²) in [7, 11) is 5.30. The number of unbranched alkanes of at least 4 members (excludes halogenated alkanes) is 1. The summed E-state index contributed by atoms with van der Waals surface area (Å²) in [5, 5.41) is 24.4. The second-order valence-electron chi connectivity index (χ2n) is 8.23. The van der Waals surface area contributed by atoms with Gasteiger partial charge in [-0.25, -0.2) is 4.79 Å². The number of nitrogens with zero attached hydrogens (tertiary/aromatic N) is 1. The van der Waals surface area contributed by atoms with Crippen molar-refractivity contribution in [2.24, 2.45) is 5.92 Å². The maximum absolute atomic E-state index is 12.2. The van der Waals surface area contributed by atoms with Crippen LogP contribution in [0.1, 0.15) is 31.7 Å². The zero-order valence-electron chi connectivity index (χ0n) is 20.4. The minimum Gasteiger partial charge on any atom is -0.504 e. The summed E-state index contributed by atoms with van der Waals surface area (Å²) in [5.74, 6) is 0.118. The number of hydrogen-bond donors (Lipinski definition) is 4. The lowest BCUT2D eigenvalue weighted by molar-refractivity contribution is -0.144. The predicted molar refractivity (Wildman–Crippen MR) is 135 cm³/mol. The molecule has 1 aromatic carbocycles. The molecule has 0 saturated carbocycles. The number of amides is 2. The predicted octanol–water partition coefficient (Wildman–Crippen LogP) is 1.99. The Hall–Kier alpha value is -2.72. The number of phenolic OH excluding ortho intramolecular Hbond substituents is 2. The highest BCUT2D eigenvalue weighted by atomic mass is 32.2. The van der Waals surface area contributed by atoms with Crippen LogP contribution in [0.15, 0.2) is 24.3 Å². The van der Waals surface area contributed by atoms with Crippen LogP contribution >= 0.6 is 11.8 Å². The molecule has 34 heavy (non-hydrogen) atoms. The Labute approximate surface area is 205 Å². The number of esters is 1. The van der Waals surface area contributed by atoms with Crippen molar-refractivity contribution in [1.82, 2.24) is 15.5 Å². The molecular formula is C24H37N3O6S. The van der Waals surface area contributed by atoms with Crippen molar-refractivity contribution in [2.45, 2.75) is 32.2 Å². The lowest BCUT2D eigenvalue weighted by atomic mass is 10.1. The van der Waals surface area contributed by atoms with E-state index in [2.05, 4.69) is 15.5 Å². The Morgan fingerprint density at radius 2 is 1.91 bits per heavy atom. The summed E-state index contributed by atoms with van der Waals surface area (Å²) in [6.45, 7) is 3.39. The second kappa shape index (κ2) is 16.0. The Morgan fingerprint density at radius 3 is 2.56 bits per heavy atom. The van der Waals surface area contributed by atoms with Crippen molar-refractivity contribution >= 4 is 35.6 Å². The number of benzene rings is 1. The monoisotopic (exact) mass is 495 g/mol. The van der Waals surface area contributed by atoms with Crippen LogP contribution in [0.3, 0.4) is 0 Å². The number of hydrogen-bond acceptors (Lipinski definition) is 8. The maximum Gasteiger partial charge on any atom is 0.328 e. The van der Waals surface area contributed by atoms with E-state index in [0.717, 1.165) is 18.1 Å². The first kappa shape index (κ1) is 29.3. The van der Waals surface area contributed by atoms with Gasteiger partial charge in [0.05, 0.1) is 7.11 Å². The molecule has 10 heteroatoms. The minimum atomic E-state index is -0.807. The number of carbonyl (C=O) groups excluding carboxylic acids is 3. The van der Waals surface area contributed by atoms with Gasteiger partial charge in [-0.1, -0.05) is 13.0 Å². The molecule has 2 atom stereocenters. The van der Waals surface area contributed by atoms with Crippen LogP contribution in [-0.4, -0.2) is 84.7 Å². The number of aromatic hydroxyl groups is 2. The second-order valence-corrected chi connectivity index (χ2v) is 9.38. The van der Waals surface area contributed by atoms with Crippen molar-refractivity contribution in [3.05, 3.63) is 29.8 Å². The lowest BCUT2D eigenvalue weighted by Gasteiger charge is -2.16. The van der Waals surface area contributed by atoms with Gasteiger partial charge >= 0.3 is 5.97 Å². The highest BCUT2D eigenvalue weighted by molar-refractivity contribution is 7.99. The van der Waals surface area contributed by atoms with Crippen LogP contribution < -0.4 is 10.6 Å². The zero-order valence-corrected chi connectivity index (χ0v) is 21.2. The molecule has 1 aromatic rings. The van der Waals surface area contributed by atoms with E-state index in [9.17, 15) is 24.6 Å². The first-order valence-corrected chi connectivity index (χ1v) is 12.4. The third kappa shape index (κ3) is 11.9. The number of ether oxygens (including phenoxy) is 1. The summed E-state index contributed by atoms with van der Waals surface area (Å²) in [6, 6.07) is 3.36. The van der Waals surface area contributed by atoms with Crippen LogP contribution in [0.5, 0.6) is 11.5 Å². The molecule has 0 aliphatic heterocycles. The fourth-order valence-electron chi connectivity index (χ4n) is 2.87. The summed E-state index contributed by atoms with van der Waals surface area (Å²) in [6.07, 6.45) is 4.34. The van der Waals surface area contributed by atoms with Crippen LogP contribution in [0, 0.1) is 5.92 Å². The Kier molecular flexibility index (Phi) is 13.8. The third-order valence-electron chi connectivity index (χ3n) is 4.95. The van der Waals surface area contributed by atoms with Crippen molar-refractivity contribution in [3.63, 3.8) is 0 Å². The quantitative estimate of drug-likeness (QED) is 0.126. The number of nitrogens with one attached hydrogen (secondary N) is 2. The molecular weight excluding hydrogens is 458 g/mol. The molecule has 1 rings (SSSR count). The maximum atomic E-state index is 12.2. The van der Waals surface area contributed by atoms with Gasteiger partial charge in [-0.15, -0.1) is 0 Å². The number of methoxy groups -OCH3 is 1. The minimum absolute atomic E-state index is 0.0144. The van der Waals surface area contributed by atoms with E-state index in [-0.39, 0.29) is 23.3 Å². The van der Waals surface area contributed by atoms with Crippen molar-refractivity contribution in [1.29, 1.82) is 0 Å². The Balaban J connectivity index is 2.39. The van der Waals surface area contributed by atoms with E-state index in [1.54, 1.807) is 11.8 Å². The van der Waals surface area contributed by atoms with Gasteiger partial charge < -0.3 is 30.5 Å². The van der Waals surface area contributed by atoms with E-state index >= 15 is 0 Å². The lowest BCUT2D eigenvalue weighted by Crippen LogP contribution is -2.40. The highest BCUT2D eigenvalue weighted by Gasteiger charge is 2.20. The molecule has 4 N–H and O–H groups in total. The van der Waals surface area contributed by atoms with Gasteiger partial charge in [-0.3, -0.25) is 9.59 Å². The van der Waals surface area contributed by atoms with E-state index in [0.29, 0.717) is 31.4 Å². The van der Waals surface area contributed by atoms with Crippen molar-refractivity contribution < 1.29 is 29.3 Å². The summed E-state index contributed by atoms with van der Waals surface area (Å²) in [5.41, 5.74) is 0.515. The highest BCUT2D eigenvalue weighted by Crippen LogP contribution is 2.25. The summed E-state index contributed by atoms with van der Waals surface area (Å²) >= 11 is 1.76. The molecule has 0 saturated heterocycles. The number of carbonyl (C=O) groups is 3. The average Bonchev–Trinajstić information content (AvgIpc) is 2.80. The standard InChI is InChI=1S/C24H37N3O6S/c1-17(16-34-14-13-27(2)3)23(31)25-12-6-5-7-19(24(32)33-4)26-22(30)11-9-18-8-10-20(28)21(29)15-18/h8-11,15,17,19,28-29H,5-7,12-14,16H2,1-4H3,(H,25,31)(H,26,30)/b11-9+. The Bertz CT molecular complexity index is 831. The number of thioether (sulfide) groups is 1. The van der Waals surface area contributed by atoms with Crippen LogP contribution in [-0.2, 0) is 19.1 Å². The molecule has 0 aliphatic rings. The topological polar surface area (TPSA) is 128 Å². The van der Waals surface area contributed by atoms with Gasteiger partial charge in [0, 0.05) is 36.6 Å². The van der Waals surface area contributed by atoms with Crippen LogP contribution in [0.4, 0.5) is 0 Å². The molecule has 0 bridgehead atoms. The molecule has 0 aliphatic carbocycles. The molecule has 0 fully saturated rings. The van der Waals surface area contributed by atoms with Gasteiger partial charge in [-0.05, 0) is 57.1 Å². The fourth-order valence-corrected chi connectivity index (χ4v) is 4.04. The number of rotatable bonds is 15. The molecule has 2 unspecified atom stereocenters. The van der Waals surface area contributed by atoms with Crippen molar-refractivity contribution in [3.8, 4) is 11.5 Å². The molecule has 0 aromatic heterocycles. The van der Waals surface area contributed by atoms with E-state index in [1.165, 1.54) is 37.5 Å². The smallest absolute Gasteiger partial charge is 0.328 e. The summed E-state index contributed by atoms with van der Waals surface area (Å²) in [4.78, 5) is 38.6. The molecule has 190 valence electrons. The number of phenols is 2. The molecule has 0 radical (unpaired) electrons. The molecule has 0 heterocycles. The largest absolute Gasteiger partial charge is 0.504 e.